The van der Waals surface area contributed by atoms with Gasteiger partial charge in [0.1, 0.15) is 17.2 Å². The molecule has 2 aromatic rings. The Morgan fingerprint density at radius 2 is 1.92 bits per heavy atom. The predicted octanol–water partition coefficient (Wildman–Crippen LogP) is 0.449. The van der Waals surface area contributed by atoms with Gasteiger partial charge in [-0.2, -0.15) is 0 Å². The molecular weight excluding hydrogens is 321 g/mol. The number of hydrogen-bond acceptors (Lipinski definition) is 5. The topological polar surface area (TPSA) is 131 Å². The van der Waals surface area contributed by atoms with Gasteiger partial charge >= 0.3 is 5.97 Å². The molecule has 0 saturated heterocycles. The zero-order valence-electron chi connectivity index (χ0n) is 12.2. The van der Waals surface area contributed by atoms with Crippen LogP contribution in [0.4, 0.5) is 10.2 Å². The third-order valence-corrected chi connectivity index (χ3v) is 3.72. The Morgan fingerprint density at radius 3 is 2.54 bits per heavy atom. The first-order valence-corrected chi connectivity index (χ1v) is 6.68. The average molecular weight is 331 g/mol. The number of nitrogens with two attached hydrogens (primary N) is 1. The summed E-state index contributed by atoms with van der Waals surface area (Å²) in [5.41, 5.74) is 3.74. The molecule has 2 amide bonds. The number of carboxylic acid groups (broad SMARTS) is 1. The molecule has 24 heavy (non-hydrogen) atoms. The van der Waals surface area contributed by atoms with Crippen LogP contribution in [0.1, 0.15) is 36.6 Å². The van der Waals surface area contributed by atoms with Crippen LogP contribution < -0.4 is 16.6 Å². The van der Waals surface area contributed by atoms with Crippen LogP contribution in [0.25, 0.3) is 5.69 Å². The molecule has 8 nitrogen and oxygen atoms in total. The van der Waals surface area contributed by atoms with Crippen LogP contribution in [0, 0.1) is 12.7 Å². The fraction of sp³-hybridized carbons (Fsp3) is 0.0667. The number of aromatic carboxylic acids is 1. The number of nitrogens with zero attached hydrogens (tertiary/aromatic N) is 1. The van der Waals surface area contributed by atoms with E-state index in [2.05, 4.69) is 0 Å². The van der Waals surface area contributed by atoms with Crippen LogP contribution in [0.15, 0.2) is 23.0 Å². The summed E-state index contributed by atoms with van der Waals surface area (Å²) >= 11 is 0. The van der Waals surface area contributed by atoms with Gasteiger partial charge in [-0.05, 0) is 18.6 Å². The Bertz CT molecular complexity index is 1010. The van der Waals surface area contributed by atoms with Gasteiger partial charge in [0.05, 0.1) is 16.8 Å². The van der Waals surface area contributed by atoms with Crippen LogP contribution in [0.2, 0.25) is 0 Å². The predicted molar refractivity (Wildman–Crippen MR) is 79.9 cm³/mol. The van der Waals surface area contributed by atoms with Gasteiger partial charge in [-0.1, -0.05) is 6.07 Å². The van der Waals surface area contributed by atoms with E-state index in [1.54, 1.807) is 0 Å². The number of pyridine rings is 1. The van der Waals surface area contributed by atoms with Crippen molar-refractivity contribution in [2.24, 2.45) is 0 Å². The van der Waals surface area contributed by atoms with E-state index >= 15 is 0 Å². The molecule has 1 aliphatic heterocycles. The van der Waals surface area contributed by atoms with Gasteiger partial charge in [0.25, 0.3) is 17.4 Å². The number of halogens is 1. The summed E-state index contributed by atoms with van der Waals surface area (Å²) in [4.78, 5) is 47.3. The van der Waals surface area contributed by atoms with E-state index in [1.165, 1.54) is 13.0 Å². The smallest absolute Gasteiger partial charge is 0.340 e. The van der Waals surface area contributed by atoms with E-state index in [0.717, 1.165) is 16.7 Å². The van der Waals surface area contributed by atoms with E-state index < -0.39 is 40.5 Å². The minimum atomic E-state index is -1.60. The molecule has 0 atom stereocenters. The van der Waals surface area contributed by atoms with Crippen LogP contribution in [-0.2, 0) is 0 Å². The van der Waals surface area contributed by atoms with Gasteiger partial charge in [-0.25, -0.2) is 9.18 Å². The van der Waals surface area contributed by atoms with E-state index in [0.29, 0.717) is 0 Å². The first kappa shape index (κ1) is 15.4. The zero-order chi connectivity index (χ0) is 17.8. The van der Waals surface area contributed by atoms with E-state index in [4.69, 9.17) is 5.73 Å². The summed E-state index contributed by atoms with van der Waals surface area (Å²) in [6.45, 7) is 1.46. The van der Waals surface area contributed by atoms with Crippen LogP contribution >= 0.6 is 0 Å². The van der Waals surface area contributed by atoms with Crippen LogP contribution in [0.5, 0.6) is 0 Å². The normalized spacial score (nSPS) is 12.9. The lowest BCUT2D eigenvalue weighted by Gasteiger charge is -2.16. The second-order valence-electron chi connectivity index (χ2n) is 5.17. The molecule has 122 valence electrons. The number of carbonyl (C=O) groups excluding carboxylic acids is 2. The standard InChI is InChI=1S/C15H10FN3O5/c1-5-2-3-7(16)10(15(23)24)11(5)19-8(20)4-6-9(12(19)17)14(22)18-13(6)21/h2-4H,17H2,1H3,(H,23,24)(H,18,21,22). The number of fused-ring (bicyclic) bond motifs is 1. The number of aromatic nitrogens is 1. The number of rotatable bonds is 2. The summed E-state index contributed by atoms with van der Waals surface area (Å²) in [5.74, 6) is -4.68. The van der Waals surface area contributed by atoms with Gasteiger partial charge in [0, 0.05) is 6.07 Å². The number of amides is 2. The Morgan fingerprint density at radius 1 is 1.25 bits per heavy atom. The van der Waals surface area contributed by atoms with Gasteiger partial charge < -0.3 is 10.8 Å². The molecule has 0 fully saturated rings. The SMILES string of the molecule is Cc1ccc(F)c(C(=O)O)c1-n1c(N)c2c(cc1=O)C(=O)NC2=O. The lowest BCUT2D eigenvalue weighted by atomic mass is 10.1. The number of anilines is 1. The number of benzene rings is 1. The van der Waals surface area contributed by atoms with Crippen molar-refractivity contribution in [3.05, 3.63) is 56.6 Å². The Balaban J connectivity index is 2.47. The lowest BCUT2D eigenvalue weighted by molar-refractivity contribution is 0.0691. The van der Waals surface area contributed by atoms with Crippen molar-refractivity contribution in [1.29, 1.82) is 0 Å². The third-order valence-electron chi connectivity index (χ3n) is 3.72. The number of nitrogens with one attached hydrogen (secondary N) is 1. The van der Waals surface area contributed by atoms with E-state index in [1.807, 2.05) is 5.32 Å². The maximum atomic E-state index is 14.0. The number of imide groups is 1. The minimum absolute atomic E-state index is 0.204. The molecule has 4 N–H and O–H groups in total. The van der Waals surface area contributed by atoms with Crippen molar-refractivity contribution < 1.29 is 23.9 Å². The molecule has 0 radical (unpaired) electrons. The van der Waals surface area contributed by atoms with Crippen molar-refractivity contribution >= 4 is 23.6 Å². The minimum Gasteiger partial charge on any atom is -0.478 e. The van der Waals surface area contributed by atoms with Gasteiger partial charge in [-0.15, -0.1) is 0 Å². The largest absolute Gasteiger partial charge is 0.478 e. The molecule has 1 aliphatic rings. The summed E-state index contributed by atoms with van der Waals surface area (Å²) in [5, 5.41) is 11.3. The highest BCUT2D eigenvalue weighted by molar-refractivity contribution is 6.23. The molecule has 9 heteroatoms. The molecule has 0 saturated carbocycles. The first-order valence-electron chi connectivity index (χ1n) is 6.68. The quantitative estimate of drug-likeness (QED) is 0.685. The molecule has 1 aromatic carbocycles. The van der Waals surface area contributed by atoms with Gasteiger partial charge in [0.15, 0.2) is 0 Å². The van der Waals surface area contributed by atoms with Crippen molar-refractivity contribution in [3.63, 3.8) is 0 Å². The highest BCUT2D eigenvalue weighted by Gasteiger charge is 2.33. The lowest BCUT2D eigenvalue weighted by Crippen LogP contribution is -2.26. The van der Waals surface area contributed by atoms with Crippen LogP contribution in [0.3, 0.4) is 0 Å². The first-order chi connectivity index (χ1) is 11.2. The average Bonchev–Trinajstić information content (AvgIpc) is 2.76. The van der Waals surface area contributed by atoms with Gasteiger partial charge in [0.2, 0.25) is 0 Å². The number of nitrogen functional groups attached to an aromatic ring is 1. The third kappa shape index (κ3) is 1.98. The second-order valence-corrected chi connectivity index (χ2v) is 5.17. The van der Waals surface area contributed by atoms with E-state index in [-0.39, 0.29) is 22.4 Å². The summed E-state index contributed by atoms with van der Waals surface area (Å²) in [7, 11) is 0. The number of hydrogen-bond donors (Lipinski definition) is 3. The Kier molecular flexibility index (Phi) is 3.22. The molecule has 0 bridgehead atoms. The van der Waals surface area contributed by atoms with Crippen molar-refractivity contribution in [1.82, 2.24) is 9.88 Å². The summed E-state index contributed by atoms with van der Waals surface area (Å²) in [6.07, 6.45) is 0. The monoisotopic (exact) mass is 331 g/mol. The highest BCUT2D eigenvalue weighted by Crippen LogP contribution is 2.27. The maximum absolute atomic E-state index is 14.0. The molecule has 2 heterocycles. The van der Waals surface area contributed by atoms with Crippen molar-refractivity contribution in [2.75, 3.05) is 5.73 Å². The number of aryl methyl sites for hydroxylation is 1. The Labute approximate surface area is 133 Å². The number of carbonyl (C=O) groups is 3. The fourth-order valence-corrected chi connectivity index (χ4v) is 2.67. The zero-order valence-corrected chi connectivity index (χ0v) is 12.2. The fourth-order valence-electron chi connectivity index (χ4n) is 2.67. The van der Waals surface area contributed by atoms with E-state index in [9.17, 15) is 28.7 Å². The summed E-state index contributed by atoms with van der Waals surface area (Å²) < 4.78 is 14.7. The molecular formula is C15H10FN3O5. The Hall–Kier alpha value is -3.49. The summed E-state index contributed by atoms with van der Waals surface area (Å²) in [6, 6.07) is 3.09. The van der Waals surface area contributed by atoms with Crippen LogP contribution in [-0.4, -0.2) is 27.5 Å². The van der Waals surface area contributed by atoms with Crippen molar-refractivity contribution in [2.45, 2.75) is 6.92 Å². The number of carboxylic acids is 1. The van der Waals surface area contributed by atoms with Gasteiger partial charge in [-0.3, -0.25) is 24.3 Å². The molecule has 0 spiro atoms. The maximum Gasteiger partial charge on any atom is 0.340 e. The molecule has 0 aliphatic carbocycles. The molecule has 0 unspecified atom stereocenters. The molecule has 1 aromatic heterocycles. The molecule has 3 rings (SSSR count). The van der Waals surface area contributed by atoms with Crippen molar-refractivity contribution in [3.8, 4) is 5.69 Å². The highest BCUT2D eigenvalue weighted by atomic mass is 19.1. The second kappa shape index (κ2) is 5.01.